The Morgan fingerprint density at radius 1 is 0.967 bits per heavy atom. The molecule has 0 spiro atoms. The number of hydrogen-bond donors (Lipinski definition) is 0. The first-order valence-corrected chi connectivity index (χ1v) is 9.41. The molecule has 0 fully saturated rings. The molecule has 8 heteroatoms. The molecule has 30 heavy (non-hydrogen) atoms. The molecule has 0 aromatic heterocycles. The number of hydrazone groups is 1. The largest absolute Gasteiger partial charge is 0.573 e. The van der Waals surface area contributed by atoms with Crippen molar-refractivity contribution in [1.29, 1.82) is 0 Å². The molecule has 0 saturated carbocycles. The Labute approximate surface area is 172 Å². The van der Waals surface area contributed by atoms with Gasteiger partial charge in [0.15, 0.2) is 5.84 Å². The molecule has 0 bridgehead atoms. The van der Waals surface area contributed by atoms with Crippen molar-refractivity contribution in [3.05, 3.63) is 78.0 Å². The van der Waals surface area contributed by atoms with Gasteiger partial charge in [0.2, 0.25) is 0 Å². The first-order chi connectivity index (χ1) is 14.4. The molecule has 2 aliphatic rings. The van der Waals surface area contributed by atoms with Crippen LogP contribution in [0.2, 0.25) is 0 Å². The highest BCUT2D eigenvalue weighted by atomic mass is 19.4. The Kier molecular flexibility index (Phi) is 5.39. The summed E-state index contributed by atoms with van der Waals surface area (Å²) in [5.74, 6) is 1.39. The minimum atomic E-state index is -4.70. The number of rotatable bonds is 6. The average Bonchev–Trinajstić information content (AvgIpc) is 3.11. The number of hydrogen-bond acceptors (Lipinski definition) is 5. The molecule has 4 rings (SSSR count). The van der Waals surface area contributed by atoms with Gasteiger partial charge in [-0.15, -0.1) is 13.2 Å². The fourth-order valence-corrected chi connectivity index (χ4v) is 3.14. The third-order valence-electron chi connectivity index (χ3n) is 4.62. The summed E-state index contributed by atoms with van der Waals surface area (Å²) in [4.78, 5) is 1.99. The molecular weight excluding hydrogens is 395 g/mol. The van der Waals surface area contributed by atoms with Crippen molar-refractivity contribution in [2.75, 3.05) is 19.8 Å². The van der Waals surface area contributed by atoms with Crippen molar-refractivity contribution >= 4 is 11.4 Å². The third kappa shape index (κ3) is 4.94. The van der Waals surface area contributed by atoms with E-state index in [2.05, 4.69) is 9.84 Å². The molecule has 2 aromatic carbocycles. The van der Waals surface area contributed by atoms with Crippen LogP contribution in [0.25, 0.3) is 5.57 Å². The van der Waals surface area contributed by atoms with E-state index in [4.69, 9.17) is 4.74 Å². The topological polar surface area (TPSA) is 37.3 Å². The maximum absolute atomic E-state index is 12.3. The van der Waals surface area contributed by atoms with Crippen LogP contribution in [0.5, 0.6) is 11.5 Å². The first-order valence-electron chi connectivity index (χ1n) is 9.41. The van der Waals surface area contributed by atoms with Crippen LogP contribution < -0.4 is 9.47 Å². The van der Waals surface area contributed by atoms with Gasteiger partial charge in [-0.25, -0.2) is 0 Å². The molecule has 5 nitrogen and oxygen atoms in total. The average molecular weight is 415 g/mol. The highest BCUT2D eigenvalue weighted by Crippen LogP contribution is 2.27. The second-order valence-corrected chi connectivity index (χ2v) is 6.95. The number of amidine groups is 1. The van der Waals surface area contributed by atoms with E-state index < -0.39 is 6.36 Å². The van der Waals surface area contributed by atoms with E-state index in [0.29, 0.717) is 19.8 Å². The highest BCUT2D eigenvalue weighted by molar-refractivity contribution is 6.00. The van der Waals surface area contributed by atoms with Gasteiger partial charge < -0.3 is 14.4 Å². The van der Waals surface area contributed by atoms with Gasteiger partial charge in [0.05, 0.1) is 6.54 Å². The van der Waals surface area contributed by atoms with E-state index in [1.54, 1.807) is 12.1 Å². The summed E-state index contributed by atoms with van der Waals surface area (Å²) >= 11 is 0. The van der Waals surface area contributed by atoms with Crippen molar-refractivity contribution in [1.82, 2.24) is 9.91 Å². The second-order valence-electron chi connectivity index (χ2n) is 6.95. The number of benzene rings is 2. The Morgan fingerprint density at radius 3 is 2.37 bits per heavy atom. The summed E-state index contributed by atoms with van der Waals surface area (Å²) in [6, 6.07) is 13.7. The van der Waals surface area contributed by atoms with Gasteiger partial charge >= 0.3 is 6.36 Å². The zero-order chi connectivity index (χ0) is 21.1. The van der Waals surface area contributed by atoms with Crippen LogP contribution in [-0.2, 0) is 0 Å². The van der Waals surface area contributed by atoms with Crippen molar-refractivity contribution in [3.8, 4) is 11.5 Å². The Bertz CT molecular complexity index is 980. The van der Waals surface area contributed by atoms with Gasteiger partial charge in [-0.05, 0) is 54.5 Å². The van der Waals surface area contributed by atoms with Crippen LogP contribution in [0.1, 0.15) is 11.1 Å². The van der Waals surface area contributed by atoms with Crippen molar-refractivity contribution in [2.24, 2.45) is 5.10 Å². The molecule has 0 aliphatic carbocycles. The van der Waals surface area contributed by atoms with Crippen LogP contribution in [-0.4, -0.2) is 41.9 Å². The van der Waals surface area contributed by atoms with E-state index >= 15 is 0 Å². The van der Waals surface area contributed by atoms with Gasteiger partial charge in [-0.3, -0.25) is 5.01 Å². The lowest BCUT2D eigenvalue weighted by Crippen LogP contribution is -2.29. The first kappa shape index (κ1) is 19.9. The minimum Gasteiger partial charge on any atom is -0.492 e. The van der Waals surface area contributed by atoms with E-state index in [-0.39, 0.29) is 5.75 Å². The number of nitrogens with zero attached hydrogens (tertiary/aromatic N) is 3. The van der Waals surface area contributed by atoms with Crippen LogP contribution in [0.4, 0.5) is 13.2 Å². The summed E-state index contributed by atoms with van der Waals surface area (Å²) in [5.41, 5.74) is 2.85. The van der Waals surface area contributed by atoms with Gasteiger partial charge in [0.1, 0.15) is 24.8 Å². The summed E-state index contributed by atoms with van der Waals surface area (Å²) in [5, 5.41) is 6.47. The summed E-state index contributed by atoms with van der Waals surface area (Å²) in [6.07, 6.45) is 1.01. The minimum absolute atomic E-state index is 0.241. The molecule has 0 saturated heterocycles. The fraction of sp³-hybridized carbons (Fsp3) is 0.227. The van der Waals surface area contributed by atoms with Gasteiger partial charge in [-0.1, -0.05) is 29.8 Å². The SMILES string of the molecule is Cc1ccc(OCCN2CN3C=C(c4ccc(OC(F)(F)F)cc4)C=CC3=N2)cc1. The van der Waals surface area contributed by atoms with Crippen molar-refractivity contribution in [3.63, 3.8) is 0 Å². The third-order valence-corrected chi connectivity index (χ3v) is 4.62. The van der Waals surface area contributed by atoms with E-state index in [1.807, 2.05) is 59.5 Å². The van der Waals surface area contributed by atoms with E-state index in [9.17, 15) is 13.2 Å². The lowest BCUT2D eigenvalue weighted by Gasteiger charge is -2.20. The molecule has 156 valence electrons. The lowest BCUT2D eigenvalue weighted by atomic mass is 10.0. The monoisotopic (exact) mass is 415 g/mol. The molecule has 2 aliphatic heterocycles. The summed E-state index contributed by atoms with van der Waals surface area (Å²) in [6.45, 7) is 3.75. The van der Waals surface area contributed by atoms with Crippen LogP contribution in [0.15, 0.2) is 72.0 Å². The Balaban J connectivity index is 1.33. The van der Waals surface area contributed by atoms with Gasteiger partial charge in [-0.2, -0.15) is 5.10 Å². The molecular formula is C22H20F3N3O2. The second kappa shape index (κ2) is 8.14. The molecule has 0 radical (unpaired) electrons. The molecule has 0 amide bonds. The fourth-order valence-electron chi connectivity index (χ4n) is 3.14. The standard InChI is InChI=1S/C22H20F3N3O2/c1-16-2-7-19(8-3-16)29-13-12-28-15-27-14-18(6-11-21(27)26-28)17-4-9-20(10-5-17)30-22(23,24)25/h2-11,14H,12-13,15H2,1H3. The predicted octanol–water partition coefficient (Wildman–Crippen LogP) is 4.77. The quantitative estimate of drug-likeness (QED) is 0.681. The number of alkyl halides is 3. The molecule has 0 atom stereocenters. The molecule has 0 N–H and O–H groups in total. The highest BCUT2D eigenvalue weighted by Gasteiger charge is 2.31. The van der Waals surface area contributed by atoms with Crippen LogP contribution >= 0.6 is 0 Å². The van der Waals surface area contributed by atoms with Crippen molar-refractivity contribution < 1.29 is 22.6 Å². The van der Waals surface area contributed by atoms with E-state index in [1.165, 1.54) is 17.7 Å². The molecule has 0 unspecified atom stereocenters. The molecule has 2 heterocycles. The number of allylic oxidation sites excluding steroid dienone is 2. The lowest BCUT2D eigenvalue weighted by molar-refractivity contribution is -0.274. The number of fused-ring (bicyclic) bond motifs is 1. The number of ether oxygens (including phenoxy) is 2. The zero-order valence-electron chi connectivity index (χ0n) is 16.3. The predicted molar refractivity (Wildman–Crippen MR) is 108 cm³/mol. The molecule has 2 aromatic rings. The maximum Gasteiger partial charge on any atom is 0.573 e. The Morgan fingerprint density at radius 2 is 1.67 bits per heavy atom. The number of aryl methyl sites for hydroxylation is 1. The smallest absolute Gasteiger partial charge is 0.492 e. The summed E-state index contributed by atoms with van der Waals surface area (Å²) < 4.78 is 46.6. The van der Waals surface area contributed by atoms with E-state index in [0.717, 1.165) is 22.7 Å². The van der Waals surface area contributed by atoms with Crippen LogP contribution in [0, 0.1) is 6.92 Å². The van der Waals surface area contributed by atoms with Gasteiger partial charge in [0, 0.05) is 6.20 Å². The maximum atomic E-state index is 12.3. The van der Waals surface area contributed by atoms with Crippen molar-refractivity contribution in [2.45, 2.75) is 13.3 Å². The normalized spacial score (nSPS) is 15.6. The zero-order valence-corrected chi connectivity index (χ0v) is 16.3. The summed E-state index contributed by atoms with van der Waals surface area (Å²) in [7, 11) is 0. The number of halogens is 3. The Hall–Kier alpha value is -3.42. The van der Waals surface area contributed by atoms with Crippen LogP contribution in [0.3, 0.4) is 0 Å². The van der Waals surface area contributed by atoms with Gasteiger partial charge in [0.25, 0.3) is 0 Å².